The van der Waals surface area contributed by atoms with Crippen LogP contribution in [0.2, 0.25) is 0 Å². The van der Waals surface area contributed by atoms with Crippen molar-refractivity contribution in [3.63, 3.8) is 0 Å². The van der Waals surface area contributed by atoms with Gasteiger partial charge in [0.1, 0.15) is 16.1 Å². The Morgan fingerprint density at radius 1 is 1.39 bits per heavy atom. The molecule has 28 heavy (non-hydrogen) atoms. The van der Waals surface area contributed by atoms with Gasteiger partial charge in [0, 0.05) is 5.41 Å². The molecule has 1 aromatic carbocycles. The number of thioether (sulfide) groups is 1. The minimum absolute atomic E-state index is 0.179. The molecule has 1 saturated heterocycles. The minimum atomic E-state index is -3.28. The van der Waals surface area contributed by atoms with Gasteiger partial charge in [-0.25, -0.2) is 8.42 Å². The molecule has 2 heterocycles. The van der Waals surface area contributed by atoms with Crippen molar-refractivity contribution < 1.29 is 22.7 Å². The van der Waals surface area contributed by atoms with Crippen LogP contribution in [-0.4, -0.2) is 54.4 Å². The van der Waals surface area contributed by atoms with Crippen molar-refractivity contribution >= 4 is 56.0 Å². The molecular formula is C18H18N2O5S3. The number of nitrogens with zero attached hydrogens (tertiary/aromatic N) is 1. The van der Waals surface area contributed by atoms with E-state index in [-0.39, 0.29) is 16.0 Å². The van der Waals surface area contributed by atoms with Gasteiger partial charge in [0.25, 0.3) is 5.91 Å². The number of benzene rings is 1. The second-order valence-electron chi connectivity index (χ2n) is 6.27. The molecule has 0 aliphatic carbocycles. The summed E-state index contributed by atoms with van der Waals surface area (Å²) >= 11 is 6.40. The van der Waals surface area contributed by atoms with Crippen LogP contribution in [0.3, 0.4) is 0 Å². The second-order valence-corrected chi connectivity index (χ2v) is 9.88. The first-order valence-electron chi connectivity index (χ1n) is 8.32. The first-order chi connectivity index (χ1) is 13.2. The van der Waals surface area contributed by atoms with E-state index in [4.69, 9.17) is 17.0 Å². The molecule has 0 radical (unpaired) electrons. The smallest absolute Gasteiger partial charge is 0.266 e. The van der Waals surface area contributed by atoms with Crippen molar-refractivity contribution in [2.24, 2.45) is 0 Å². The number of carbonyl (C=O) groups is 2. The van der Waals surface area contributed by atoms with E-state index in [9.17, 15) is 18.0 Å². The Labute approximate surface area is 172 Å². The predicted molar refractivity (Wildman–Crippen MR) is 112 cm³/mol. The van der Waals surface area contributed by atoms with Gasteiger partial charge in [-0.05, 0) is 36.8 Å². The number of rotatable bonds is 5. The fraction of sp³-hybridized carbons (Fsp3) is 0.278. The summed E-state index contributed by atoms with van der Waals surface area (Å²) in [4.78, 5) is 26.9. The zero-order chi connectivity index (χ0) is 20.5. The monoisotopic (exact) mass is 438 g/mol. The molecule has 2 amide bonds. The van der Waals surface area contributed by atoms with Crippen LogP contribution >= 0.6 is 24.0 Å². The van der Waals surface area contributed by atoms with Crippen LogP contribution in [0, 0.1) is 0 Å². The van der Waals surface area contributed by atoms with Crippen LogP contribution in [0.1, 0.15) is 12.5 Å². The standard InChI is InChI=1S/C18H18N2O5S3/c1-11(16(21)19-13-7-8-28(23,24)10-13)20-17(22)15(27-18(20)26)9-12-3-5-14(25-2)6-4-12/h3-9,11,13H,10H2,1-2H3,(H,19,21)/b15-9+/t11-,13+/m0/s1. The average Bonchev–Trinajstić information content (AvgIpc) is 3.13. The van der Waals surface area contributed by atoms with Gasteiger partial charge >= 0.3 is 0 Å². The van der Waals surface area contributed by atoms with Crippen molar-refractivity contribution in [1.82, 2.24) is 10.2 Å². The SMILES string of the molecule is COc1ccc(/C=C2/SC(=S)N([C@@H](C)C(=O)N[C@@H]3C=CS(=O)(=O)C3)C2=O)cc1. The topological polar surface area (TPSA) is 92.8 Å². The molecule has 2 aliphatic heterocycles. The van der Waals surface area contributed by atoms with E-state index in [2.05, 4.69) is 5.32 Å². The quantitative estimate of drug-likeness (QED) is 0.553. The van der Waals surface area contributed by atoms with Crippen LogP contribution in [-0.2, 0) is 19.4 Å². The Hall–Kier alpha value is -2.17. The summed E-state index contributed by atoms with van der Waals surface area (Å²) in [6.45, 7) is 1.56. The Morgan fingerprint density at radius 2 is 2.07 bits per heavy atom. The molecule has 0 saturated carbocycles. The Balaban J connectivity index is 1.70. The van der Waals surface area contributed by atoms with Gasteiger partial charge < -0.3 is 10.1 Å². The van der Waals surface area contributed by atoms with Crippen molar-refractivity contribution in [2.75, 3.05) is 12.9 Å². The molecular weight excluding hydrogens is 420 g/mol. The van der Waals surface area contributed by atoms with Gasteiger partial charge in [0.05, 0.1) is 23.8 Å². The lowest BCUT2D eigenvalue weighted by Crippen LogP contribution is -2.49. The largest absolute Gasteiger partial charge is 0.497 e. The number of carbonyl (C=O) groups excluding carboxylic acids is 2. The van der Waals surface area contributed by atoms with Crippen molar-refractivity contribution in [1.29, 1.82) is 0 Å². The zero-order valence-electron chi connectivity index (χ0n) is 15.1. The lowest BCUT2D eigenvalue weighted by Gasteiger charge is -2.23. The molecule has 1 aromatic rings. The molecule has 2 aliphatic rings. The molecule has 1 fully saturated rings. The first-order valence-corrected chi connectivity index (χ1v) is 11.3. The highest BCUT2D eigenvalue weighted by molar-refractivity contribution is 8.26. The Kier molecular flexibility index (Phi) is 5.92. The maximum absolute atomic E-state index is 12.8. The number of hydrogen-bond acceptors (Lipinski definition) is 7. The highest BCUT2D eigenvalue weighted by atomic mass is 32.2. The maximum Gasteiger partial charge on any atom is 0.266 e. The van der Waals surface area contributed by atoms with E-state index >= 15 is 0 Å². The summed E-state index contributed by atoms with van der Waals surface area (Å²) in [6, 6.07) is 5.74. The molecule has 0 spiro atoms. The molecule has 0 unspecified atom stereocenters. The van der Waals surface area contributed by atoms with E-state index in [0.29, 0.717) is 10.7 Å². The third kappa shape index (κ3) is 4.45. The Bertz CT molecular complexity index is 983. The highest BCUT2D eigenvalue weighted by Gasteiger charge is 2.39. The fourth-order valence-electron chi connectivity index (χ4n) is 2.75. The zero-order valence-corrected chi connectivity index (χ0v) is 17.6. The number of ether oxygens (including phenoxy) is 1. The normalized spacial score (nSPS) is 23.3. The third-order valence-corrected chi connectivity index (χ3v) is 6.99. The summed E-state index contributed by atoms with van der Waals surface area (Å²) < 4.78 is 28.3. The average molecular weight is 439 g/mol. The van der Waals surface area contributed by atoms with Crippen LogP contribution < -0.4 is 10.1 Å². The van der Waals surface area contributed by atoms with Gasteiger partial charge in [-0.2, -0.15) is 0 Å². The molecule has 7 nitrogen and oxygen atoms in total. The number of nitrogens with one attached hydrogen (secondary N) is 1. The van der Waals surface area contributed by atoms with E-state index in [1.807, 2.05) is 12.1 Å². The molecule has 0 aromatic heterocycles. The van der Waals surface area contributed by atoms with E-state index in [0.717, 1.165) is 22.7 Å². The molecule has 1 N–H and O–H groups in total. The summed E-state index contributed by atoms with van der Waals surface area (Å²) in [5.41, 5.74) is 0.805. The van der Waals surface area contributed by atoms with Crippen LogP contribution in [0.4, 0.5) is 0 Å². The highest BCUT2D eigenvalue weighted by Crippen LogP contribution is 2.34. The van der Waals surface area contributed by atoms with E-state index in [1.54, 1.807) is 32.2 Å². The summed E-state index contributed by atoms with van der Waals surface area (Å²) in [6.07, 6.45) is 3.13. The fourth-order valence-corrected chi connectivity index (χ4v) is 5.41. The number of methoxy groups -OCH3 is 1. The maximum atomic E-state index is 12.8. The van der Waals surface area contributed by atoms with Crippen molar-refractivity contribution in [3.05, 3.63) is 46.2 Å². The van der Waals surface area contributed by atoms with Crippen molar-refractivity contribution in [2.45, 2.75) is 19.0 Å². The van der Waals surface area contributed by atoms with Gasteiger partial charge in [-0.3, -0.25) is 14.5 Å². The van der Waals surface area contributed by atoms with Crippen LogP contribution in [0.5, 0.6) is 5.75 Å². The number of thiocarbonyl (C=S) groups is 1. The summed E-state index contributed by atoms with van der Waals surface area (Å²) in [7, 11) is -1.71. The van der Waals surface area contributed by atoms with Gasteiger partial charge in [-0.1, -0.05) is 36.1 Å². The number of amides is 2. The minimum Gasteiger partial charge on any atom is -0.497 e. The summed E-state index contributed by atoms with van der Waals surface area (Å²) in [5, 5.41) is 3.71. The van der Waals surface area contributed by atoms with Gasteiger partial charge in [0.2, 0.25) is 5.91 Å². The number of hydrogen-bond donors (Lipinski definition) is 1. The Morgan fingerprint density at radius 3 is 2.64 bits per heavy atom. The summed E-state index contributed by atoms with van der Waals surface area (Å²) in [5.74, 6) is -0.295. The third-order valence-electron chi connectivity index (χ3n) is 4.26. The molecule has 3 rings (SSSR count). The van der Waals surface area contributed by atoms with Crippen LogP contribution in [0.25, 0.3) is 6.08 Å². The molecule has 0 bridgehead atoms. The van der Waals surface area contributed by atoms with E-state index < -0.39 is 27.8 Å². The van der Waals surface area contributed by atoms with Crippen molar-refractivity contribution in [3.8, 4) is 5.75 Å². The molecule has 10 heteroatoms. The van der Waals surface area contributed by atoms with E-state index in [1.165, 1.54) is 11.0 Å². The molecule has 2 atom stereocenters. The lowest BCUT2D eigenvalue weighted by molar-refractivity contribution is -0.132. The lowest BCUT2D eigenvalue weighted by atomic mass is 10.2. The first kappa shape index (κ1) is 20.6. The van der Waals surface area contributed by atoms with Gasteiger partial charge in [-0.15, -0.1) is 0 Å². The van der Waals surface area contributed by atoms with Gasteiger partial charge in [0.15, 0.2) is 9.84 Å². The molecule has 148 valence electrons. The number of sulfone groups is 1. The predicted octanol–water partition coefficient (Wildman–Crippen LogP) is 1.71. The second kappa shape index (κ2) is 8.06. The van der Waals surface area contributed by atoms with Crippen LogP contribution in [0.15, 0.2) is 40.7 Å².